The van der Waals surface area contributed by atoms with Crippen LogP contribution in [0.4, 0.5) is 0 Å². The molecule has 0 radical (unpaired) electrons. The number of nitriles is 1. The van der Waals surface area contributed by atoms with Gasteiger partial charge in [-0.2, -0.15) is 5.26 Å². The van der Waals surface area contributed by atoms with Crippen molar-refractivity contribution in [3.63, 3.8) is 0 Å². The molecule has 0 aromatic heterocycles. The zero-order chi connectivity index (χ0) is 10.6. The molecule has 0 aromatic carbocycles. The van der Waals surface area contributed by atoms with Crippen LogP contribution in [-0.2, 0) is 0 Å². The van der Waals surface area contributed by atoms with E-state index in [4.69, 9.17) is 17.5 Å². The third kappa shape index (κ3) is 3.82. The molecule has 5 heteroatoms. The first-order valence-corrected chi connectivity index (χ1v) is 5.92. The van der Waals surface area contributed by atoms with Gasteiger partial charge in [0.2, 0.25) is 0 Å². The second-order valence-electron chi connectivity index (χ2n) is 3.82. The molecule has 78 valence electrons. The zero-order valence-electron chi connectivity index (χ0n) is 8.54. The van der Waals surface area contributed by atoms with Gasteiger partial charge in [-0.05, 0) is 26.7 Å². The highest BCUT2D eigenvalue weighted by atomic mass is 32.2. The van der Waals surface area contributed by atoms with Crippen molar-refractivity contribution in [3.8, 4) is 6.07 Å². The third-order valence-electron chi connectivity index (χ3n) is 1.97. The first kappa shape index (κ1) is 11.8. The second kappa shape index (κ2) is 4.96. The Morgan fingerprint density at radius 1 is 1.50 bits per heavy atom. The lowest BCUT2D eigenvalue weighted by Gasteiger charge is -2.21. The Morgan fingerprint density at radius 3 is 2.57 bits per heavy atom. The van der Waals surface area contributed by atoms with Crippen LogP contribution in [0.2, 0.25) is 0 Å². The summed E-state index contributed by atoms with van der Waals surface area (Å²) in [6.07, 6.45) is 2.45. The zero-order valence-corrected chi connectivity index (χ0v) is 10.2. The van der Waals surface area contributed by atoms with Gasteiger partial charge in [0, 0.05) is 13.1 Å². The van der Waals surface area contributed by atoms with Crippen molar-refractivity contribution in [2.45, 2.75) is 31.4 Å². The summed E-state index contributed by atoms with van der Waals surface area (Å²) in [7, 11) is 0. The molecule has 14 heavy (non-hydrogen) atoms. The Balaban J connectivity index is 2.32. The number of nitrogens with one attached hydrogen (secondary N) is 1. The molecule has 0 aliphatic carbocycles. The monoisotopic (exact) mass is 229 g/mol. The Morgan fingerprint density at radius 2 is 2.07 bits per heavy atom. The topological polar surface area (TPSA) is 39.1 Å². The molecule has 1 fully saturated rings. The van der Waals surface area contributed by atoms with E-state index in [0.29, 0.717) is 4.32 Å². The molecule has 0 amide bonds. The lowest BCUT2D eigenvalue weighted by atomic mass is 10.2. The van der Waals surface area contributed by atoms with Crippen molar-refractivity contribution in [2.75, 3.05) is 13.1 Å². The maximum atomic E-state index is 8.83. The fourth-order valence-corrected chi connectivity index (χ4v) is 2.67. The van der Waals surface area contributed by atoms with Gasteiger partial charge in [0.1, 0.15) is 9.07 Å². The number of nitrogens with zero attached hydrogens (tertiary/aromatic N) is 2. The summed E-state index contributed by atoms with van der Waals surface area (Å²) in [5, 5.41) is 10.9. The maximum absolute atomic E-state index is 8.83. The average Bonchev–Trinajstić information content (AvgIpc) is 2.55. The summed E-state index contributed by atoms with van der Waals surface area (Å²) < 4.78 is 0.252. The fraction of sp³-hybridized carbons (Fsp3) is 0.778. The summed E-state index contributed by atoms with van der Waals surface area (Å²) in [4.78, 5) is 0. The molecule has 0 spiro atoms. The van der Waals surface area contributed by atoms with Crippen LogP contribution in [0.25, 0.3) is 0 Å². The molecule has 0 unspecified atom stereocenters. The van der Waals surface area contributed by atoms with E-state index >= 15 is 0 Å². The molecule has 1 rings (SSSR count). The predicted molar refractivity (Wildman–Crippen MR) is 63.8 cm³/mol. The largest absolute Gasteiger partial charge is 0.304 e. The average molecular weight is 229 g/mol. The normalized spacial score (nSPS) is 17.8. The molecular weight excluding hydrogens is 214 g/mol. The molecule has 1 heterocycles. The van der Waals surface area contributed by atoms with Crippen molar-refractivity contribution in [3.05, 3.63) is 0 Å². The van der Waals surface area contributed by atoms with E-state index in [1.807, 2.05) is 13.8 Å². The molecule has 1 aliphatic heterocycles. The smallest absolute Gasteiger partial charge is 0.149 e. The van der Waals surface area contributed by atoms with Gasteiger partial charge in [0.05, 0.1) is 6.07 Å². The maximum Gasteiger partial charge on any atom is 0.149 e. The van der Waals surface area contributed by atoms with Crippen LogP contribution in [-0.4, -0.2) is 27.2 Å². The minimum atomic E-state index is -0.441. The quantitative estimate of drug-likeness (QED) is 0.732. The van der Waals surface area contributed by atoms with Crippen LogP contribution in [0.1, 0.15) is 26.7 Å². The number of hydrazine groups is 1. The Bertz CT molecular complexity index is 251. The number of hydrogen-bond donors (Lipinski definition) is 1. The Kier molecular flexibility index (Phi) is 4.17. The fourth-order valence-electron chi connectivity index (χ4n) is 1.24. The van der Waals surface area contributed by atoms with Gasteiger partial charge >= 0.3 is 0 Å². The van der Waals surface area contributed by atoms with Gasteiger partial charge in [0.25, 0.3) is 0 Å². The van der Waals surface area contributed by atoms with Crippen molar-refractivity contribution >= 4 is 28.3 Å². The van der Waals surface area contributed by atoms with Gasteiger partial charge < -0.3 is 5.43 Å². The number of thioether (sulfide) groups is 1. The van der Waals surface area contributed by atoms with Crippen LogP contribution >= 0.6 is 24.0 Å². The van der Waals surface area contributed by atoms with E-state index in [1.54, 1.807) is 0 Å². The number of thiocarbonyl (C=S) groups is 1. The van der Waals surface area contributed by atoms with E-state index in [0.717, 1.165) is 13.1 Å². The van der Waals surface area contributed by atoms with Crippen molar-refractivity contribution in [1.82, 2.24) is 10.4 Å². The SMILES string of the molecule is CC(C)(C#N)SC(=S)NN1CCCC1. The second-order valence-corrected chi connectivity index (χ2v) is 6.12. The highest BCUT2D eigenvalue weighted by Crippen LogP contribution is 2.24. The van der Waals surface area contributed by atoms with Crippen molar-refractivity contribution in [1.29, 1.82) is 5.26 Å². The van der Waals surface area contributed by atoms with Crippen LogP contribution < -0.4 is 5.43 Å². The highest BCUT2D eigenvalue weighted by molar-refractivity contribution is 8.23. The Labute approximate surface area is 94.8 Å². The number of hydrogen-bond acceptors (Lipinski definition) is 4. The summed E-state index contributed by atoms with van der Waals surface area (Å²) in [6, 6.07) is 2.21. The molecule has 1 saturated heterocycles. The standard InChI is InChI=1S/C9H15N3S2/c1-9(2,7-10)14-8(13)11-12-5-3-4-6-12/h3-6H2,1-2H3,(H,11,13). The molecule has 0 saturated carbocycles. The third-order valence-corrected chi connectivity index (χ3v) is 3.19. The lowest BCUT2D eigenvalue weighted by molar-refractivity contribution is 0.300. The van der Waals surface area contributed by atoms with Gasteiger partial charge in [-0.25, -0.2) is 5.01 Å². The van der Waals surface area contributed by atoms with E-state index in [-0.39, 0.29) is 0 Å². The van der Waals surface area contributed by atoms with E-state index < -0.39 is 4.75 Å². The lowest BCUT2D eigenvalue weighted by Crippen LogP contribution is -2.39. The van der Waals surface area contributed by atoms with Crippen LogP contribution in [0.3, 0.4) is 0 Å². The molecule has 1 N–H and O–H groups in total. The minimum absolute atomic E-state index is 0.441. The highest BCUT2D eigenvalue weighted by Gasteiger charge is 2.21. The van der Waals surface area contributed by atoms with Gasteiger partial charge in [-0.15, -0.1) is 0 Å². The summed E-state index contributed by atoms with van der Waals surface area (Å²) in [5.41, 5.74) is 3.15. The van der Waals surface area contributed by atoms with Gasteiger partial charge in [-0.1, -0.05) is 24.0 Å². The van der Waals surface area contributed by atoms with Crippen LogP contribution in [0, 0.1) is 11.3 Å². The molecule has 0 aromatic rings. The van der Waals surface area contributed by atoms with Crippen LogP contribution in [0.5, 0.6) is 0 Å². The number of rotatable bonds is 2. The van der Waals surface area contributed by atoms with Gasteiger partial charge in [-0.3, -0.25) is 0 Å². The molecule has 0 atom stereocenters. The first-order valence-electron chi connectivity index (χ1n) is 4.69. The predicted octanol–water partition coefficient (Wildman–Crippen LogP) is 1.91. The van der Waals surface area contributed by atoms with Gasteiger partial charge in [0.15, 0.2) is 0 Å². The summed E-state index contributed by atoms with van der Waals surface area (Å²) >= 11 is 6.57. The van der Waals surface area contributed by atoms with Crippen molar-refractivity contribution in [2.24, 2.45) is 0 Å². The van der Waals surface area contributed by atoms with E-state index in [1.165, 1.54) is 24.6 Å². The van der Waals surface area contributed by atoms with E-state index in [9.17, 15) is 0 Å². The van der Waals surface area contributed by atoms with E-state index in [2.05, 4.69) is 16.5 Å². The van der Waals surface area contributed by atoms with Crippen molar-refractivity contribution < 1.29 is 0 Å². The summed E-state index contributed by atoms with van der Waals surface area (Å²) in [6.45, 7) is 5.84. The molecular formula is C9H15N3S2. The molecule has 1 aliphatic rings. The minimum Gasteiger partial charge on any atom is -0.304 e. The molecule has 0 bridgehead atoms. The van der Waals surface area contributed by atoms with Crippen LogP contribution in [0.15, 0.2) is 0 Å². The first-order chi connectivity index (χ1) is 6.53. The summed E-state index contributed by atoms with van der Waals surface area (Å²) in [5.74, 6) is 0. The molecule has 3 nitrogen and oxygen atoms in total. The Hall–Kier alpha value is -0.310.